The maximum absolute atomic E-state index is 11.8. The molecule has 0 radical (unpaired) electrons. The van der Waals surface area contributed by atoms with Crippen molar-refractivity contribution in [1.82, 2.24) is 5.32 Å². The Hall–Kier alpha value is -0.130. The topological polar surface area (TPSA) is 55.4 Å². The Morgan fingerprint density at radius 3 is 2.25 bits per heavy atom. The number of sulfone groups is 1. The van der Waals surface area contributed by atoms with Crippen molar-refractivity contribution in [3.05, 3.63) is 0 Å². The third kappa shape index (κ3) is 6.45. The summed E-state index contributed by atoms with van der Waals surface area (Å²) in [7, 11) is -1.52. The van der Waals surface area contributed by atoms with E-state index in [1.165, 1.54) is 7.11 Å². The van der Waals surface area contributed by atoms with Gasteiger partial charge in [-0.05, 0) is 12.0 Å². The van der Waals surface area contributed by atoms with Crippen molar-refractivity contribution in [3.63, 3.8) is 0 Å². The molecule has 98 valence electrons. The van der Waals surface area contributed by atoms with Gasteiger partial charge in [-0.15, -0.1) is 0 Å². The lowest BCUT2D eigenvalue weighted by Gasteiger charge is -2.31. The molecule has 5 heteroatoms. The highest BCUT2D eigenvalue weighted by molar-refractivity contribution is 7.91. The summed E-state index contributed by atoms with van der Waals surface area (Å²) in [4.78, 5) is 0. The van der Waals surface area contributed by atoms with Crippen LogP contribution in [0, 0.1) is 5.41 Å². The first kappa shape index (κ1) is 15.9. The summed E-state index contributed by atoms with van der Waals surface area (Å²) < 4.78 is 28.4. The zero-order valence-electron chi connectivity index (χ0n) is 11.0. The molecule has 0 heterocycles. The van der Waals surface area contributed by atoms with Gasteiger partial charge in [-0.25, -0.2) is 8.42 Å². The van der Waals surface area contributed by atoms with E-state index < -0.39 is 9.84 Å². The van der Waals surface area contributed by atoms with Crippen LogP contribution >= 0.6 is 0 Å². The molecule has 1 atom stereocenters. The van der Waals surface area contributed by atoms with Crippen LogP contribution in [0.15, 0.2) is 0 Å². The molecule has 0 saturated heterocycles. The first-order valence-electron chi connectivity index (χ1n) is 5.65. The Morgan fingerprint density at radius 2 is 1.88 bits per heavy atom. The average Bonchev–Trinajstić information content (AvgIpc) is 2.12. The molecule has 16 heavy (non-hydrogen) atoms. The number of nitrogens with one attached hydrogen (secondary N) is 1. The SMILES string of the molecule is CCNC(CS(=O)(=O)CCOC)C(C)(C)C. The summed E-state index contributed by atoms with van der Waals surface area (Å²) in [6, 6.07) is -0.0145. The van der Waals surface area contributed by atoms with Gasteiger partial charge >= 0.3 is 0 Å². The van der Waals surface area contributed by atoms with Crippen LogP contribution in [0.1, 0.15) is 27.7 Å². The third-order valence-corrected chi connectivity index (χ3v) is 4.14. The van der Waals surface area contributed by atoms with Crippen molar-refractivity contribution in [3.8, 4) is 0 Å². The minimum atomic E-state index is -3.04. The highest BCUT2D eigenvalue weighted by atomic mass is 32.2. The van der Waals surface area contributed by atoms with Crippen LogP contribution in [-0.4, -0.2) is 46.2 Å². The van der Waals surface area contributed by atoms with Crippen LogP contribution < -0.4 is 5.32 Å². The van der Waals surface area contributed by atoms with Crippen molar-refractivity contribution in [2.45, 2.75) is 33.7 Å². The normalized spacial score (nSPS) is 15.1. The Morgan fingerprint density at radius 1 is 1.31 bits per heavy atom. The maximum atomic E-state index is 11.8. The number of hydrogen-bond acceptors (Lipinski definition) is 4. The van der Waals surface area contributed by atoms with Gasteiger partial charge in [0, 0.05) is 13.2 Å². The lowest BCUT2D eigenvalue weighted by atomic mass is 9.88. The van der Waals surface area contributed by atoms with Crippen LogP contribution in [0.2, 0.25) is 0 Å². The molecule has 0 amide bonds. The molecule has 0 aliphatic rings. The molecule has 0 fully saturated rings. The molecule has 0 aromatic carbocycles. The second kappa shape index (κ2) is 6.57. The molecule has 0 aromatic rings. The molecule has 4 nitrogen and oxygen atoms in total. The van der Waals surface area contributed by atoms with Crippen LogP contribution in [0.4, 0.5) is 0 Å². The van der Waals surface area contributed by atoms with Gasteiger partial charge in [-0.3, -0.25) is 0 Å². The summed E-state index contributed by atoms with van der Waals surface area (Å²) in [5.41, 5.74) is -0.0594. The number of ether oxygens (including phenoxy) is 1. The van der Waals surface area contributed by atoms with E-state index in [2.05, 4.69) is 5.32 Å². The molecule has 0 rings (SSSR count). The molecule has 0 aromatic heterocycles. The van der Waals surface area contributed by atoms with Gasteiger partial charge < -0.3 is 10.1 Å². The third-order valence-electron chi connectivity index (χ3n) is 2.51. The summed E-state index contributed by atoms with van der Waals surface area (Å²) >= 11 is 0. The van der Waals surface area contributed by atoms with Crippen molar-refractivity contribution in [2.75, 3.05) is 31.8 Å². The van der Waals surface area contributed by atoms with Gasteiger partial charge in [-0.1, -0.05) is 27.7 Å². The molecule has 0 aliphatic carbocycles. The quantitative estimate of drug-likeness (QED) is 0.735. The molecular weight excluding hydrogens is 226 g/mol. The van der Waals surface area contributed by atoms with E-state index in [1.807, 2.05) is 27.7 Å². The molecular formula is C11H25NO3S. The molecule has 1 N–H and O–H groups in total. The van der Waals surface area contributed by atoms with Gasteiger partial charge in [0.2, 0.25) is 0 Å². The van der Waals surface area contributed by atoms with E-state index in [1.54, 1.807) is 0 Å². The second-order valence-electron chi connectivity index (χ2n) is 5.08. The zero-order valence-corrected chi connectivity index (χ0v) is 11.9. The Balaban J connectivity index is 4.50. The van der Waals surface area contributed by atoms with Gasteiger partial charge in [0.25, 0.3) is 0 Å². The van der Waals surface area contributed by atoms with Gasteiger partial charge in [0.05, 0.1) is 18.1 Å². The van der Waals surface area contributed by atoms with Gasteiger partial charge in [-0.2, -0.15) is 0 Å². The Bertz CT molecular complexity index is 280. The number of hydrogen-bond donors (Lipinski definition) is 1. The summed E-state index contributed by atoms with van der Waals surface area (Å²) in [5, 5.41) is 3.24. The first-order chi connectivity index (χ1) is 7.23. The van der Waals surface area contributed by atoms with E-state index in [9.17, 15) is 8.42 Å². The predicted molar refractivity (Wildman–Crippen MR) is 67.4 cm³/mol. The Labute approximate surface area is 99.7 Å². The van der Waals surface area contributed by atoms with E-state index in [0.29, 0.717) is 0 Å². The summed E-state index contributed by atoms with van der Waals surface area (Å²) in [5.74, 6) is 0.273. The lowest BCUT2D eigenvalue weighted by molar-refractivity contribution is 0.216. The van der Waals surface area contributed by atoms with Crippen molar-refractivity contribution in [1.29, 1.82) is 0 Å². The number of methoxy groups -OCH3 is 1. The van der Waals surface area contributed by atoms with Crippen LogP contribution in [0.25, 0.3) is 0 Å². The highest BCUT2D eigenvalue weighted by Gasteiger charge is 2.28. The van der Waals surface area contributed by atoms with Crippen molar-refractivity contribution in [2.24, 2.45) is 5.41 Å². The second-order valence-corrected chi connectivity index (χ2v) is 7.31. The molecule has 0 aliphatic heterocycles. The number of rotatable bonds is 7. The standard InChI is InChI=1S/C11H25NO3S/c1-6-12-10(11(2,3)4)9-16(13,14)8-7-15-5/h10,12H,6-9H2,1-5H3. The van der Waals surface area contributed by atoms with Crippen molar-refractivity contribution >= 4 is 9.84 Å². The zero-order chi connectivity index (χ0) is 12.8. The van der Waals surface area contributed by atoms with Crippen LogP contribution in [-0.2, 0) is 14.6 Å². The minimum absolute atomic E-state index is 0.0145. The molecule has 0 bridgehead atoms. The van der Waals surface area contributed by atoms with Crippen molar-refractivity contribution < 1.29 is 13.2 Å². The summed E-state index contributed by atoms with van der Waals surface area (Å²) in [6.07, 6.45) is 0. The lowest BCUT2D eigenvalue weighted by Crippen LogP contribution is -2.45. The fourth-order valence-corrected chi connectivity index (χ4v) is 3.12. The van der Waals surface area contributed by atoms with E-state index in [-0.39, 0.29) is 29.6 Å². The summed E-state index contributed by atoms with van der Waals surface area (Å²) in [6.45, 7) is 9.18. The van der Waals surface area contributed by atoms with Crippen LogP contribution in [0.5, 0.6) is 0 Å². The fraction of sp³-hybridized carbons (Fsp3) is 1.00. The monoisotopic (exact) mass is 251 g/mol. The molecule has 1 unspecified atom stereocenters. The smallest absolute Gasteiger partial charge is 0.154 e. The van der Waals surface area contributed by atoms with E-state index in [0.717, 1.165) is 6.54 Å². The minimum Gasteiger partial charge on any atom is -0.384 e. The first-order valence-corrected chi connectivity index (χ1v) is 7.48. The predicted octanol–water partition coefficient (Wildman–Crippen LogP) is 1.07. The highest BCUT2D eigenvalue weighted by Crippen LogP contribution is 2.20. The fourth-order valence-electron chi connectivity index (χ4n) is 1.41. The molecule has 0 saturated carbocycles. The molecule has 0 spiro atoms. The van der Waals surface area contributed by atoms with Gasteiger partial charge in [0.15, 0.2) is 9.84 Å². The maximum Gasteiger partial charge on any atom is 0.154 e. The largest absolute Gasteiger partial charge is 0.384 e. The van der Waals surface area contributed by atoms with E-state index in [4.69, 9.17) is 4.74 Å². The average molecular weight is 251 g/mol. The van der Waals surface area contributed by atoms with Crippen LogP contribution in [0.3, 0.4) is 0 Å². The van der Waals surface area contributed by atoms with E-state index >= 15 is 0 Å². The Kier molecular flexibility index (Phi) is 6.51. The van der Waals surface area contributed by atoms with Gasteiger partial charge in [0.1, 0.15) is 0 Å².